The highest BCUT2D eigenvalue weighted by molar-refractivity contribution is 7.99. The predicted octanol–water partition coefficient (Wildman–Crippen LogP) is 3.62. The molecule has 0 heterocycles. The topological polar surface area (TPSA) is 53.2 Å². The Hall–Kier alpha value is -1.20. The molecule has 0 bridgehead atoms. The molecule has 0 fully saturated rings. The van der Waals surface area contributed by atoms with Gasteiger partial charge in [0, 0.05) is 23.5 Å². The predicted molar refractivity (Wildman–Crippen MR) is 93.1 cm³/mol. The van der Waals surface area contributed by atoms with Crippen LogP contribution in [0.15, 0.2) is 24.3 Å². The third kappa shape index (κ3) is 6.87. The second-order valence-electron chi connectivity index (χ2n) is 5.12. The summed E-state index contributed by atoms with van der Waals surface area (Å²) in [5, 5.41) is 9.71. The zero-order valence-corrected chi connectivity index (χ0v) is 14.2. The summed E-state index contributed by atoms with van der Waals surface area (Å²) >= 11 is 1.81. The minimum atomic E-state index is -0.142. The molecule has 0 saturated heterocycles. The number of anilines is 1. The summed E-state index contributed by atoms with van der Waals surface area (Å²) in [5.41, 5.74) is 2.00. The summed E-state index contributed by atoms with van der Waals surface area (Å²) in [6.45, 7) is 7.98. The molecule has 2 atom stereocenters. The van der Waals surface area contributed by atoms with Crippen molar-refractivity contribution in [1.29, 1.82) is 0 Å². The smallest absolute Gasteiger partial charge is 0.319 e. The van der Waals surface area contributed by atoms with Gasteiger partial charge >= 0.3 is 6.03 Å². The van der Waals surface area contributed by atoms with Crippen LogP contribution < -0.4 is 16.0 Å². The molecule has 2 unspecified atom stereocenters. The Morgan fingerprint density at radius 2 is 2.10 bits per heavy atom. The molecule has 5 heteroatoms. The van der Waals surface area contributed by atoms with E-state index in [1.807, 2.05) is 30.0 Å². The number of rotatable bonds is 8. The van der Waals surface area contributed by atoms with Crippen LogP contribution in [0.25, 0.3) is 0 Å². The Kier molecular flexibility index (Phi) is 8.23. The quantitative estimate of drug-likeness (QED) is 0.687. The standard InChI is InChI=1S/C16H27N3OS/c1-5-17-13(3)14-7-6-8-15(11-14)19-16(20)18-10-9-12(2)21-4/h6-8,11-13,17H,5,9-10H2,1-4H3,(H2,18,19,20). The van der Waals surface area contributed by atoms with Gasteiger partial charge in [0.15, 0.2) is 0 Å². The summed E-state index contributed by atoms with van der Waals surface area (Å²) in [5.74, 6) is 0. The van der Waals surface area contributed by atoms with E-state index in [0.717, 1.165) is 18.7 Å². The van der Waals surface area contributed by atoms with Gasteiger partial charge in [0.05, 0.1) is 0 Å². The number of benzene rings is 1. The van der Waals surface area contributed by atoms with Gasteiger partial charge < -0.3 is 16.0 Å². The highest BCUT2D eigenvalue weighted by Gasteiger charge is 2.07. The van der Waals surface area contributed by atoms with E-state index in [9.17, 15) is 4.79 Å². The first-order valence-electron chi connectivity index (χ1n) is 7.47. The monoisotopic (exact) mass is 309 g/mol. The normalized spacial score (nSPS) is 13.5. The van der Waals surface area contributed by atoms with Crippen LogP contribution in [0.2, 0.25) is 0 Å². The lowest BCUT2D eigenvalue weighted by atomic mass is 10.1. The number of amides is 2. The molecule has 0 aliphatic rings. The van der Waals surface area contributed by atoms with Gasteiger partial charge in [-0.2, -0.15) is 11.8 Å². The maximum absolute atomic E-state index is 11.8. The van der Waals surface area contributed by atoms with Crippen LogP contribution in [0, 0.1) is 0 Å². The van der Waals surface area contributed by atoms with Crippen molar-refractivity contribution >= 4 is 23.5 Å². The molecule has 0 radical (unpaired) electrons. The molecule has 0 spiro atoms. The molecule has 1 rings (SSSR count). The number of hydrogen-bond acceptors (Lipinski definition) is 3. The van der Waals surface area contributed by atoms with Gasteiger partial charge in [0.25, 0.3) is 0 Å². The number of carbonyl (C=O) groups is 1. The SMILES string of the molecule is CCNC(C)c1cccc(NC(=O)NCCC(C)SC)c1. The van der Waals surface area contributed by atoms with E-state index in [-0.39, 0.29) is 12.1 Å². The lowest BCUT2D eigenvalue weighted by molar-refractivity contribution is 0.252. The molecule has 0 aromatic heterocycles. The average Bonchev–Trinajstić information content (AvgIpc) is 2.47. The summed E-state index contributed by atoms with van der Waals surface area (Å²) in [7, 11) is 0. The van der Waals surface area contributed by atoms with Crippen molar-refractivity contribution in [2.24, 2.45) is 0 Å². The van der Waals surface area contributed by atoms with Gasteiger partial charge in [0.2, 0.25) is 0 Å². The van der Waals surface area contributed by atoms with Crippen molar-refractivity contribution in [3.05, 3.63) is 29.8 Å². The maximum atomic E-state index is 11.8. The molecule has 1 aromatic rings. The van der Waals surface area contributed by atoms with Crippen LogP contribution in [-0.4, -0.2) is 30.6 Å². The van der Waals surface area contributed by atoms with Gasteiger partial charge in [-0.1, -0.05) is 26.0 Å². The zero-order valence-electron chi connectivity index (χ0n) is 13.4. The van der Waals surface area contributed by atoms with Gasteiger partial charge in [-0.15, -0.1) is 0 Å². The van der Waals surface area contributed by atoms with Crippen LogP contribution in [-0.2, 0) is 0 Å². The zero-order chi connectivity index (χ0) is 15.7. The largest absolute Gasteiger partial charge is 0.338 e. The summed E-state index contributed by atoms with van der Waals surface area (Å²) < 4.78 is 0. The molecule has 3 N–H and O–H groups in total. The van der Waals surface area contributed by atoms with Crippen molar-refractivity contribution in [2.45, 2.75) is 38.5 Å². The highest BCUT2D eigenvalue weighted by Crippen LogP contribution is 2.17. The lowest BCUT2D eigenvalue weighted by Gasteiger charge is -2.15. The van der Waals surface area contributed by atoms with E-state index in [1.165, 1.54) is 5.56 Å². The Morgan fingerprint density at radius 1 is 1.33 bits per heavy atom. The highest BCUT2D eigenvalue weighted by atomic mass is 32.2. The minimum absolute atomic E-state index is 0.142. The molecule has 2 amide bonds. The van der Waals surface area contributed by atoms with Gasteiger partial charge in [0.1, 0.15) is 0 Å². The van der Waals surface area contributed by atoms with E-state index in [4.69, 9.17) is 0 Å². The fourth-order valence-electron chi connectivity index (χ4n) is 1.99. The van der Waals surface area contributed by atoms with Crippen LogP contribution >= 0.6 is 11.8 Å². The first kappa shape index (κ1) is 17.9. The third-order valence-electron chi connectivity index (χ3n) is 3.39. The minimum Gasteiger partial charge on any atom is -0.338 e. The number of carbonyl (C=O) groups excluding carboxylic acids is 1. The molecule has 0 saturated carbocycles. The van der Waals surface area contributed by atoms with E-state index in [0.29, 0.717) is 11.8 Å². The van der Waals surface area contributed by atoms with Crippen molar-refractivity contribution in [2.75, 3.05) is 24.7 Å². The third-order valence-corrected chi connectivity index (χ3v) is 4.43. The van der Waals surface area contributed by atoms with E-state index < -0.39 is 0 Å². The van der Waals surface area contributed by atoms with Crippen molar-refractivity contribution in [1.82, 2.24) is 10.6 Å². The molecule has 21 heavy (non-hydrogen) atoms. The Labute approximate surface area is 132 Å². The van der Waals surface area contributed by atoms with E-state index in [1.54, 1.807) is 0 Å². The molecule has 0 aliphatic carbocycles. The average molecular weight is 309 g/mol. The van der Waals surface area contributed by atoms with Crippen LogP contribution in [0.4, 0.5) is 10.5 Å². The summed E-state index contributed by atoms with van der Waals surface area (Å²) in [6, 6.07) is 8.09. The maximum Gasteiger partial charge on any atom is 0.319 e. The fraction of sp³-hybridized carbons (Fsp3) is 0.562. The second-order valence-corrected chi connectivity index (χ2v) is 6.40. The van der Waals surface area contributed by atoms with Gasteiger partial charge in [-0.3, -0.25) is 0 Å². The number of thioether (sulfide) groups is 1. The first-order valence-corrected chi connectivity index (χ1v) is 8.76. The van der Waals surface area contributed by atoms with Crippen LogP contribution in [0.5, 0.6) is 0 Å². The van der Waals surface area contributed by atoms with Crippen molar-refractivity contribution < 1.29 is 4.79 Å². The molecular formula is C16H27N3OS. The second kappa shape index (κ2) is 9.68. The van der Waals surface area contributed by atoms with Gasteiger partial charge in [-0.05, 0) is 43.8 Å². The van der Waals surface area contributed by atoms with Crippen LogP contribution in [0.3, 0.4) is 0 Å². The van der Waals surface area contributed by atoms with E-state index in [2.05, 4.69) is 49.0 Å². The number of nitrogens with one attached hydrogen (secondary N) is 3. The summed E-state index contributed by atoms with van der Waals surface area (Å²) in [4.78, 5) is 11.8. The number of hydrogen-bond donors (Lipinski definition) is 3. The Bertz CT molecular complexity index is 439. The van der Waals surface area contributed by atoms with E-state index >= 15 is 0 Å². The molecule has 4 nitrogen and oxygen atoms in total. The molecule has 118 valence electrons. The first-order chi connectivity index (χ1) is 10.1. The molecule has 0 aliphatic heterocycles. The van der Waals surface area contributed by atoms with Crippen LogP contribution in [0.1, 0.15) is 38.8 Å². The van der Waals surface area contributed by atoms with Crippen molar-refractivity contribution in [3.8, 4) is 0 Å². The lowest BCUT2D eigenvalue weighted by Crippen LogP contribution is -2.30. The Morgan fingerprint density at radius 3 is 2.76 bits per heavy atom. The van der Waals surface area contributed by atoms with Gasteiger partial charge in [-0.25, -0.2) is 4.79 Å². The molecular weight excluding hydrogens is 282 g/mol. The van der Waals surface area contributed by atoms with Crippen molar-refractivity contribution in [3.63, 3.8) is 0 Å². The number of urea groups is 1. The fourth-order valence-corrected chi connectivity index (χ4v) is 2.35. The molecule has 1 aromatic carbocycles. The summed E-state index contributed by atoms with van der Waals surface area (Å²) in [6.07, 6.45) is 3.06. The Balaban J connectivity index is 2.47.